The van der Waals surface area contributed by atoms with E-state index in [9.17, 15) is 0 Å². The zero-order valence-corrected chi connectivity index (χ0v) is 10.2. The van der Waals surface area contributed by atoms with Crippen LogP contribution in [0.5, 0.6) is 0 Å². The van der Waals surface area contributed by atoms with Crippen LogP contribution in [0, 0.1) is 0 Å². The van der Waals surface area contributed by atoms with E-state index in [1.165, 1.54) is 0 Å². The molecule has 0 saturated heterocycles. The quantitative estimate of drug-likeness (QED) is 0.583. The van der Waals surface area contributed by atoms with Gasteiger partial charge in [0.15, 0.2) is 0 Å². The van der Waals surface area contributed by atoms with Crippen LogP contribution in [0.4, 0.5) is 0 Å². The van der Waals surface area contributed by atoms with E-state index in [-0.39, 0.29) is 11.6 Å². The van der Waals surface area contributed by atoms with Crippen LogP contribution in [-0.4, -0.2) is 23.2 Å². The molecule has 4 heteroatoms. The molecule has 0 fully saturated rings. The lowest BCUT2D eigenvalue weighted by Gasteiger charge is -2.23. The molecule has 0 aliphatic heterocycles. The second-order valence-corrected chi connectivity index (χ2v) is 4.81. The monoisotopic (exact) mass is 223 g/mol. The summed E-state index contributed by atoms with van der Waals surface area (Å²) in [5.41, 5.74) is 3.64. The van der Waals surface area contributed by atoms with E-state index in [0.29, 0.717) is 6.61 Å². The van der Waals surface area contributed by atoms with Gasteiger partial charge in [0.1, 0.15) is 0 Å². The summed E-state index contributed by atoms with van der Waals surface area (Å²) < 4.78 is 5.68. The van der Waals surface area contributed by atoms with Crippen LogP contribution < -0.4 is 11.3 Å². The minimum Gasteiger partial charge on any atom is -0.374 e. The Morgan fingerprint density at radius 1 is 1.44 bits per heavy atom. The van der Waals surface area contributed by atoms with Gasteiger partial charge in [0.25, 0.3) is 0 Å². The normalized spacial score (nSPS) is 13.8. The smallest absolute Gasteiger partial charge is 0.0644 e. The molecule has 0 spiro atoms. The van der Waals surface area contributed by atoms with Gasteiger partial charge in [0.2, 0.25) is 0 Å². The number of aromatic nitrogens is 1. The lowest BCUT2D eigenvalue weighted by atomic mass is 10.1. The van der Waals surface area contributed by atoms with Crippen LogP contribution >= 0.6 is 0 Å². The molecule has 16 heavy (non-hydrogen) atoms. The van der Waals surface area contributed by atoms with Crippen LogP contribution in [0.3, 0.4) is 0 Å². The zero-order chi connectivity index (χ0) is 12.0. The first kappa shape index (κ1) is 13.1. The molecule has 4 nitrogen and oxygen atoms in total. The van der Waals surface area contributed by atoms with Gasteiger partial charge in [0, 0.05) is 24.4 Å². The Balaban J connectivity index is 2.44. The van der Waals surface area contributed by atoms with Crippen LogP contribution in [0.1, 0.15) is 26.5 Å². The molecular formula is C12H21N3O. The first-order valence-electron chi connectivity index (χ1n) is 5.51. The minimum absolute atomic E-state index is 0.0918. The van der Waals surface area contributed by atoms with Gasteiger partial charge in [0.05, 0.1) is 12.2 Å². The minimum atomic E-state index is -0.140. The Morgan fingerprint density at radius 2 is 2.19 bits per heavy atom. The Morgan fingerprint density at radius 3 is 2.69 bits per heavy atom. The molecule has 90 valence electrons. The average Bonchev–Trinajstić information content (AvgIpc) is 2.24. The Kier molecular flexibility index (Phi) is 4.86. The predicted octanol–water partition coefficient (Wildman–Crippen LogP) is 1.27. The predicted molar refractivity (Wildman–Crippen MR) is 64.8 cm³/mol. The Hall–Kier alpha value is -0.970. The average molecular weight is 223 g/mol. The van der Waals surface area contributed by atoms with Crippen molar-refractivity contribution in [2.24, 2.45) is 5.84 Å². The largest absolute Gasteiger partial charge is 0.374 e. The molecule has 1 aromatic heterocycles. The van der Waals surface area contributed by atoms with E-state index in [1.807, 2.05) is 39.0 Å². The highest BCUT2D eigenvalue weighted by molar-refractivity contribution is 5.05. The van der Waals surface area contributed by atoms with E-state index in [4.69, 9.17) is 10.6 Å². The standard InChI is InChI=1S/C12H21N3O/c1-12(2,3)16-9-11(15-13)8-10-6-4-5-7-14-10/h4-7,11,15H,8-9,13H2,1-3H3. The van der Waals surface area contributed by atoms with Crippen LogP contribution in [0.2, 0.25) is 0 Å². The number of hydrogen-bond donors (Lipinski definition) is 2. The van der Waals surface area contributed by atoms with Gasteiger partial charge in [-0.05, 0) is 32.9 Å². The fourth-order valence-corrected chi connectivity index (χ4v) is 1.29. The number of nitrogens with one attached hydrogen (secondary N) is 1. The second-order valence-electron chi connectivity index (χ2n) is 4.81. The molecule has 1 unspecified atom stereocenters. The molecule has 0 aliphatic carbocycles. The third-order valence-electron chi connectivity index (χ3n) is 2.13. The van der Waals surface area contributed by atoms with Crippen molar-refractivity contribution in [2.45, 2.75) is 38.8 Å². The zero-order valence-electron chi connectivity index (χ0n) is 10.2. The van der Waals surface area contributed by atoms with Crippen molar-refractivity contribution in [3.05, 3.63) is 30.1 Å². The summed E-state index contributed by atoms with van der Waals surface area (Å²) in [6, 6.07) is 5.95. The molecule has 1 heterocycles. The van der Waals surface area contributed by atoms with Gasteiger partial charge in [-0.2, -0.15) is 0 Å². The summed E-state index contributed by atoms with van der Waals surface area (Å²) in [6.45, 7) is 6.67. The van der Waals surface area contributed by atoms with Gasteiger partial charge in [-0.25, -0.2) is 0 Å². The van der Waals surface area contributed by atoms with Gasteiger partial charge < -0.3 is 4.74 Å². The molecular weight excluding hydrogens is 202 g/mol. The van der Waals surface area contributed by atoms with Gasteiger partial charge in [-0.3, -0.25) is 16.3 Å². The van der Waals surface area contributed by atoms with E-state index in [1.54, 1.807) is 6.20 Å². The molecule has 0 saturated carbocycles. The first-order valence-corrected chi connectivity index (χ1v) is 5.51. The highest BCUT2D eigenvalue weighted by atomic mass is 16.5. The van der Waals surface area contributed by atoms with E-state index in [0.717, 1.165) is 12.1 Å². The topological polar surface area (TPSA) is 60.2 Å². The van der Waals surface area contributed by atoms with Crippen molar-refractivity contribution in [1.82, 2.24) is 10.4 Å². The summed E-state index contributed by atoms with van der Waals surface area (Å²) >= 11 is 0. The molecule has 0 aliphatic rings. The van der Waals surface area contributed by atoms with Gasteiger partial charge in [-0.15, -0.1) is 0 Å². The maximum absolute atomic E-state index is 5.68. The molecule has 0 aromatic carbocycles. The van der Waals surface area contributed by atoms with Crippen molar-refractivity contribution in [3.8, 4) is 0 Å². The third-order valence-corrected chi connectivity index (χ3v) is 2.13. The molecule has 0 bridgehead atoms. The molecule has 3 N–H and O–H groups in total. The van der Waals surface area contributed by atoms with Gasteiger partial charge >= 0.3 is 0 Å². The molecule has 1 aromatic rings. The fourth-order valence-electron chi connectivity index (χ4n) is 1.29. The molecule has 1 rings (SSSR count). The molecule has 0 amide bonds. The van der Waals surface area contributed by atoms with Crippen molar-refractivity contribution in [1.29, 1.82) is 0 Å². The van der Waals surface area contributed by atoms with Crippen molar-refractivity contribution in [2.75, 3.05) is 6.61 Å². The summed E-state index contributed by atoms with van der Waals surface area (Å²) in [7, 11) is 0. The van der Waals surface area contributed by atoms with Crippen molar-refractivity contribution in [3.63, 3.8) is 0 Å². The van der Waals surface area contributed by atoms with E-state index < -0.39 is 0 Å². The van der Waals surface area contributed by atoms with Crippen LogP contribution in [-0.2, 0) is 11.2 Å². The lowest BCUT2D eigenvalue weighted by Crippen LogP contribution is -2.42. The highest BCUT2D eigenvalue weighted by Gasteiger charge is 2.15. The second kappa shape index (κ2) is 5.94. The molecule has 0 radical (unpaired) electrons. The van der Waals surface area contributed by atoms with Crippen molar-refractivity contribution >= 4 is 0 Å². The van der Waals surface area contributed by atoms with Crippen LogP contribution in [0.25, 0.3) is 0 Å². The van der Waals surface area contributed by atoms with E-state index >= 15 is 0 Å². The number of rotatable bonds is 5. The first-order chi connectivity index (χ1) is 7.51. The maximum Gasteiger partial charge on any atom is 0.0644 e. The number of nitrogens with two attached hydrogens (primary N) is 1. The Bertz CT molecular complexity index is 295. The maximum atomic E-state index is 5.68. The number of pyridine rings is 1. The highest BCUT2D eigenvalue weighted by Crippen LogP contribution is 2.08. The number of hydrogen-bond acceptors (Lipinski definition) is 4. The Labute approximate surface area is 97.2 Å². The van der Waals surface area contributed by atoms with Crippen LogP contribution in [0.15, 0.2) is 24.4 Å². The number of ether oxygens (including phenoxy) is 1. The third kappa shape index (κ3) is 5.21. The fraction of sp³-hybridized carbons (Fsp3) is 0.583. The summed E-state index contributed by atoms with van der Waals surface area (Å²) in [5.74, 6) is 5.49. The van der Waals surface area contributed by atoms with E-state index in [2.05, 4.69) is 10.4 Å². The van der Waals surface area contributed by atoms with Crippen molar-refractivity contribution < 1.29 is 4.74 Å². The molecule has 1 atom stereocenters. The summed E-state index contributed by atoms with van der Waals surface area (Å²) in [4.78, 5) is 4.26. The number of hydrazine groups is 1. The lowest BCUT2D eigenvalue weighted by molar-refractivity contribution is -0.0144. The SMILES string of the molecule is CC(C)(C)OCC(Cc1ccccn1)NN. The summed E-state index contributed by atoms with van der Waals surface area (Å²) in [5, 5.41) is 0. The summed E-state index contributed by atoms with van der Waals surface area (Å²) in [6.07, 6.45) is 2.56. The number of nitrogens with zero attached hydrogens (tertiary/aromatic N) is 1. The van der Waals surface area contributed by atoms with Gasteiger partial charge in [-0.1, -0.05) is 6.07 Å².